The molecule has 0 saturated carbocycles. The van der Waals surface area contributed by atoms with Crippen LogP contribution in [-0.2, 0) is 4.79 Å². The zero-order valence-corrected chi connectivity index (χ0v) is 12.9. The third-order valence-electron chi connectivity index (χ3n) is 2.69. The molecule has 20 heavy (non-hydrogen) atoms. The van der Waals surface area contributed by atoms with Crippen LogP contribution < -0.4 is 5.32 Å². The number of nitrogens with zero attached hydrogens (tertiary/aromatic N) is 1. The summed E-state index contributed by atoms with van der Waals surface area (Å²) in [5.41, 5.74) is 0.735. The lowest BCUT2D eigenvalue weighted by Crippen LogP contribution is -2.14. The Balaban J connectivity index is 2.46. The van der Waals surface area contributed by atoms with Gasteiger partial charge in [0.2, 0.25) is 0 Å². The molecule has 0 spiro atoms. The van der Waals surface area contributed by atoms with Gasteiger partial charge in [-0.3, -0.25) is 14.9 Å². The third kappa shape index (κ3) is 5.26. The van der Waals surface area contributed by atoms with Crippen LogP contribution in [0.3, 0.4) is 0 Å². The maximum absolute atomic E-state index is 11.4. The molecule has 0 bridgehead atoms. The largest absolute Gasteiger partial charge is 0.341 e. The van der Waals surface area contributed by atoms with Crippen molar-refractivity contribution in [1.29, 1.82) is 0 Å². The van der Waals surface area contributed by atoms with E-state index in [1.807, 2.05) is 13.8 Å². The Morgan fingerprint density at radius 2 is 2.05 bits per heavy atom. The van der Waals surface area contributed by atoms with Crippen LogP contribution >= 0.6 is 24.0 Å². The zero-order valence-electron chi connectivity index (χ0n) is 11.3. The second-order valence-electron chi connectivity index (χ2n) is 4.25. The highest BCUT2D eigenvalue weighted by molar-refractivity contribution is 8.23. The molecule has 5 nitrogen and oxygen atoms in total. The van der Waals surface area contributed by atoms with Crippen LogP contribution in [0.1, 0.15) is 20.3 Å². The number of benzene rings is 1. The van der Waals surface area contributed by atoms with Crippen molar-refractivity contribution in [3.05, 3.63) is 34.4 Å². The van der Waals surface area contributed by atoms with Crippen molar-refractivity contribution in [2.75, 3.05) is 11.1 Å². The Morgan fingerprint density at radius 3 is 2.55 bits per heavy atom. The predicted molar refractivity (Wildman–Crippen MR) is 86.2 cm³/mol. The minimum atomic E-state index is -0.450. The normalized spacial score (nSPS) is 11.7. The molecular weight excluding hydrogens is 296 g/mol. The molecule has 1 unspecified atom stereocenters. The van der Waals surface area contributed by atoms with Crippen molar-refractivity contribution in [3.63, 3.8) is 0 Å². The van der Waals surface area contributed by atoms with Gasteiger partial charge in [0.05, 0.1) is 4.92 Å². The fourth-order valence-electron chi connectivity index (χ4n) is 1.46. The van der Waals surface area contributed by atoms with Gasteiger partial charge in [0, 0.05) is 35.9 Å². The van der Waals surface area contributed by atoms with E-state index in [4.69, 9.17) is 12.2 Å². The maximum atomic E-state index is 11.4. The van der Waals surface area contributed by atoms with Crippen molar-refractivity contribution in [2.24, 2.45) is 5.92 Å². The van der Waals surface area contributed by atoms with Gasteiger partial charge in [-0.05, 0) is 12.1 Å². The Bertz CT molecular complexity index is 503. The van der Waals surface area contributed by atoms with E-state index in [1.165, 1.54) is 23.9 Å². The zero-order chi connectivity index (χ0) is 15.1. The van der Waals surface area contributed by atoms with Gasteiger partial charge in [-0.15, -0.1) is 0 Å². The summed E-state index contributed by atoms with van der Waals surface area (Å²) in [5, 5.41) is 13.5. The summed E-state index contributed by atoms with van der Waals surface area (Å²) in [7, 11) is 0. The standard InChI is InChI=1S/C13H16N2O3S2/c1-3-12(16)9(2)8-20-13(19)14-10-4-6-11(7-5-10)15(17)18/h4-7,9H,3,8H2,1-2H3,(H,14,19). The minimum absolute atomic E-state index is 0.0263. The molecule has 0 aromatic heterocycles. The molecule has 0 aliphatic carbocycles. The summed E-state index contributed by atoms with van der Waals surface area (Å²) in [6, 6.07) is 6.04. The number of non-ortho nitro benzene ring substituents is 1. The van der Waals surface area contributed by atoms with Gasteiger partial charge in [-0.2, -0.15) is 0 Å². The molecule has 1 atom stereocenters. The number of Topliss-reactive ketones (excluding diaryl/α,β-unsaturated/α-hetero) is 1. The molecule has 0 radical (unpaired) electrons. The first-order chi connectivity index (χ1) is 9.43. The lowest BCUT2D eigenvalue weighted by molar-refractivity contribution is -0.384. The Hall–Kier alpha value is -1.47. The molecule has 1 rings (SSSR count). The first-order valence-electron chi connectivity index (χ1n) is 6.15. The van der Waals surface area contributed by atoms with Crippen molar-refractivity contribution in [2.45, 2.75) is 20.3 Å². The van der Waals surface area contributed by atoms with E-state index >= 15 is 0 Å². The van der Waals surface area contributed by atoms with Crippen LogP contribution in [0.25, 0.3) is 0 Å². The minimum Gasteiger partial charge on any atom is -0.341 e. The smallest absolute Gasteiger partial charge is 0.269 e. The number of nitrogens with one attached hydrogen (secondary N) is 1. The van der Waals surface area contributed by atoms with Gasteiger partial charge in [0.25, 0.3) is 5.69 Å². The highest BCUT2D eigenvalue weighted by Gasteiger charge is 2.12. The van der Waals surface area contributed by atoms with Crippen molar-refractivity contribution in [1.82, 2.24) is 0 Å². The summed E-state index contributed by atoms with van der Waals surface area (Å²) < 4.78 is 0.551. The predicted octanol–water partition coefficient (Wildman–Crippen LogP) is 3.64. The van der Waals surface area contributed by atoms with Gasteiger partial charge in [-0.1, -0.05) is 37.8 Å². The van der Waals surface area contributed by atoms with Crippen molar-refractivity contribution < 1.29 is 9.72 Å². The van der Waals surface area contributed by atoms with E-state index in [0.717, 1.165) is 0 Å². The Morgan fingerprint density at radius 1 is 1.45 bits per heavy atom. The number of hydrogen-bond acceptors (Lipinski definition) is 5. The highest BCUT2D eigenvalue weighted by atomic mass is 32.2. The van der Waals surface area contributed by atoms with E-state index in [1.54, 1.807) is 12.1 Å². The summed E-state index contributed by atoms with van der Waals surface area (Å²) >= 11 is 6.57. The average molecular weight is 312 g/mol. The average Bonchev–Trinajstić information content (AvgIpc) is 2.44. The quantitative estimate of drug-likeness (QED) is 0.491. The van der Waals surface area contributed by atoms with Crippen molar-refractivity contribution >= 4 is 45.5 Å². The van der Waals surface area contributed by atoms with Crippen molar-refractivity contribution in [3.8, 4) is 0 Å². The fourth-order valence-corrected chi connectivity index (χ4v) is 2.56. The molecule has 108 valence electrons. The second-order valence-corrected chi connectivity index (χ2v) is 5.95. The fraction of sp³-hybridized carbons (Fsp3) is 0.385. The van der Waals surface area contributed by atoms with Gasteiger partial charge in [-0.25, -0.2) is 0 Å². The topological polar surface area (TPSA) is 72.2 Å². The van der Waals surface area contributed by atoms with Crippen LogP contribution in [0.15, 0.2) is 24.3 Å². The lowest BCUT2D eigenvalue weighted by atomic mass is 10.1. The number of thiocarbonyl (C=S) groups is 1. The maximum Gasteiger partial charge on any atom is 0.269 e. The van der Waals surface area contributed by atoms with Crippen LogP contribution in [0.4, 0.5) is 11.4 Å². The van der Waals surface area contributed by atoms with Gasteiger partial charge >= 0.3 is 0 Å². The molecule has 1 aromatic carbocycles. The van der Waals surface area contributed by atoms with Gasteiger partial charge < -0.3 is 5.32 Å². The van der Waals surface area contributed by atoms with Crippen LogP contribution in [0, 0.1) is 16.0 Å². The molecule has 0 heterocycles. The molecule has 0 amide bonds. The van der Waals surface area contributed by atoms with E-state index in [9.17, 15) is 14.9 Å². The Kier molecular flexibility index (Phi) is 6.60. The number of ketones is 1. The number of hydrogen-bond donors (Lipinski definition) is 1. The van der Waals surface area contributed by atoms with E-state index < -0.39 is 4.92 Å². The Labute approximate surface area is 127 Å². The number of carbonyl (C=O) groups is 1. The van der Waals surface area contributed by atoms with Crippen LogP contribution in [0.5, 0.6) is 0 Å². The monoisotopic (exact) mass is 312 g/mol. The van der Waals surface area contributed by atoms with E-state index in [2.05, 4.69) is 5.32 Å². The molecule has 1 N–H and O–H groups in total. The summed E-state index contributed by atoms with van der Waals surface area (Å²) in [6.45, 7) is 3.73. The number of carbonyl (C=O) groups excluding carboxylic acids is 1. The number of rotatable bonds is 6. The van der Waals surface area contributed by atoms with Crippen LogP contribution in [-0.4, -0.2) is 20.8 Å². The third-order valence-corrected chi connectivity index (χ3v) is 4.17. The van der Waals surface area contributed by atoms with Gasteiger partial charge in [0.1, 0.15) is 10.1 Å². The summed E-state index contributed by atoms with van der Waals surface area (Å²) in [4.78, 5) is 21.5. The summed E-state index contributed by atoms with van der Waals surface area (Å²) in [5.74, 6) is 0.822. The molecular formula is C13H16N2O3S2. The number of thioether (sulfide) groups is 1. The van der Waals surface area contributed by atoms with E-state index in [0.29, 0.717) is 22.2 Å². The number of anilines is 1. The van der Waals surface area contributed by atoms with Crippen LogP contribution in [0.2, 0.25) is 0 Å². The first-order valence-corrected chi connectivity index (χ1v) is 7.54. The molecule has 0 saturated heterocycles. The molecule has 0 fully saturated rings. The number of nitro benzene ring substituents is 1. The second kappa shape index (κ2) is 7.96. The SMILES string of the molecule is CCC(=O)C(C)CSC(=S)Nc1ccc([N+](=O)[O-])cc1. The lowest BCUT2D eigenvalue weighted by Gasteiger charge is -2.10. The molecule has 7 heteroatoms. The first kappa shape index (κ1) is 16.6. The van der Waals surface area contributed by atoms with Gasteiger partial charge in [0.15, 0.2) is 0 Å². The summed E-state index contributed by atoms with van der Waals surface area (Å²) in [6.07, 6.45) is 0.532. The number of nitro groups is 1. The molecule has 0 aliphatic heterocycles. The van der Waals surface area contributed by atoms with E-state index in [-0.39, 0.29) is 17.4 Å². The highest BCUT2D eigenvalue weighted by Crippen LogP contribution is 2.18. The molecule has 1 aromatic rings. The molecule has 0 aliphatic rings.